The summed E-state index contributed by atoms with van der Waals surface area (Å²) in [6.45, 7) is 2.39. The van der Waals surface area contributed by atoms with Gasteiger partial charge in [-0.1, -0.05) is 23.2 Å². The van der Waals surface area contributed by atoms with Crippen molar-refractivity contribution in [1.82, 2.24) is 9.88 Å². The van der Waals surface area contributed by atoms with Crippen LogP contribution in [0.15, 0.2) is 23.6 Å². The number of carbonyl (C=O) groups excluding carboxylic acids is 1. The number of thiazole rings is 1. The number of rotatable bonds is 3. The Morgan fingerprint density at radius 3 is 2.75 bits per heavy atom. The molecule has 4 nitrogen and oxygen atoms in total. The second-order valence-corrected chi connectivity index (χ2v) is 6.15. The summed E-state index contributed by atoms with van der Waals surface area (Å²) in [7, 11) is 1.71. The number of amides is 2. The SMILES string of the molecule is Cc1nc(CN(C)C(=O)Nc2ccc(Cl)c(Cl)c2)cs1. The lowest BCUT2D eigenvalue weighted by Gasteiger charge is -2.17. The average molecular weight is 330 g/mol. The van der Waals surface area contributed by atoms with Gasteiger partial charge in [-0.25, -0.2) is 9.78 Å². The van der Waals surface area contributed by atoms with E-state index in [1.807, 2.05) is 12.3 Å². The minimum Gasteiger partial charge on any atom is -0.322 e. The predicted octanol–water partition coefficient (Wildman–Crippen LogP) is 4.42. The third-order valence-corrected chi connectivity index (χ3v) is 4.14. The number of nitrogens with one attached hydrogen (secondary N) is 1. The number of aromatic nitrogens is 1. The summed E-state index contributed by atoms with van der Waals surface area (Å²) in [4.78, 5) is 17.9. The Morgan fingerprint density at radius 2 is 2.15 bits per heavy atom. The highest BCUT2D eigenvalue weighted by Gasteiger charge is 2.11. The number of hydrogen-bond donors (Lipinski definition) is 1. The lowest BCUT2D eigenvalue weighted by molar-refractivity contribution is 0.220. The first kappa shape index (κ1) is 15.1. The molecule has 106 valence electrons. The highest BCUT2D eigenvalue weighted by Crippen LogP contribution is 2.25. The summed E-state index contributed by atoms with van der Waals surface area (Å²) in [6, 6.07) is 4.73. The van der Waals surface area contributed by atoms with Crippen LogP contribution in [0.3, 0.4) is 0 Å². The smallest absolute Gasteiger partial charge is 0.321 e. The molecule has 0 fully saturated rings. The lowest BCUT2D eigenvalue weighted by Crippen LogP contribution is -2.30. The van der Waals surface area contributed by atoms with E-state index in [9.17, 15) is 4.79 Å². The maximum atomic E-state index is 12.0. The third kappa shape index (κ3) is 3.85. The van der Waals surface area contributed by atoms with Crippen LogP contribution in [0.5, 0.6) is 0 Å². The van der Waals surface area contributed by atoms with Gasteiger partial charge < -0.3 is 10.2 Å². The van der Waals surface area contributed by atoms with E-state index in [0.717, 1.165) is 10.7 Å². The number of carbonyl (C=O) groups is 1. The zero-order chi connectivity index (χ0) is 14.7. The molecule has 0 aliphatic rings. The molecular formula is C13H13Cl2N3OS. The van der Waals surface area contributed by atoms with Crippen molar-refractivity contribution in [2.24, 2.45) is 0 Å². The molecular weight excluding hydrogens is 317 g/mol. The molecule has 0 saturated heterocycles. The fraction of sp³-hybridized carbons (Fsp3) is 0.231. The normalized spacial score (nSPS) is 10.4. The van der Waals surface area contributed by atoms with Crippen LogP contribution < -0.4 is 5.32 Å². The molecule has 1 aromatic carbocycles. The zero-order valence-electron chi connectivity index (χ0n) is 11.0. The number of benzene rings is 1. The van der Waals surface area contributed by atoms with Gasteiger partial charge in [0.1, 0.15) is 0 Å². The quantitative estimate of drug-likeness (QED) is 0.905. The van der Waals surface area contributed by atoms with Crippen molar-refractivity contribution < 1.29 is 4.79 Å². The molecule has 0 spiro atoms. The largest absolute Gasteiger partial charge is 0.322 e. The molecule has 1 N–H and O–H groups in total. The Balaban J connectivity index is 1.98. The van der Waals surface area contributed by atoms with Gasteiger partial charge in [0.15, 0.2) is 0 Å². The molecule has 1 heterocycles. The minimum absolute atomic E-state index is 0.228. The number of anilines is 1. The Kier molecular flexibility index (Phi) is 4.86. The molecule has 2 amide bonds. The summed E-state index contributed by atoms with van der Waals surface area (Å²) in [5.41, 5.74) is 1.48. The first-order valence-electron chi connectivity index (χ1n) is 5.84. The molecule has 2 aromatic rings. The van der Waals surface area contributed by atoms with Crippen molar-refractivity contribution in [2.75, 3.05) is 12.4 Å². The van der Waals surface area contributed by atoms with Gasteiger partial charge in [-0.3, -0.25) is 0 Å². The summed E-state index contributed by atoms with van der Waals surface area (Å²) < 4.78 is 0. The van der Waals surface area contributed by atoms with E-state index in [0.29, 0.717) is 22.3 Å². The Labute approximate surface area is 131 Å². The molecule has 2 rings (SSSR count). The molecule has 7 heteroatoms. The van der Waals surface area contributed by atoms with Gasteiger partial charge >= 0.3 is 6.03 Å². The van der Waals surface area contributed by atoms with E-state index < -0.39 is 0 Å². The Morgan fingerprint density at radius 1 is 1.40 bits per heavy atom. The Hall–Kier alpha value is -1.30. The minimum atomic E-state index is -0.228. The number of urea groups is 1. The van der Waals surface area contributed by atoms with Crippen LogP contribution in [0, 0.1) is 6.92 Å². The molecule has 1 aromatic heterocycles. The highest BCUT2D eigenvalue weighted by atomic mass is 35.5. The van der Waals surface area contributed by atoms with E-state index in [1.54, 1.807) is 41.5 Å². The first-order chi connectivity index (χ1) is 9.45. The third-order valence-electron chi connectivity index (χ3n) is 2.58. The molecule has 0 radical (unpaired) electrons. The van der Waals surface area contributed by atoms with Gasteiger partial charge in [-0.05, 0) is 25.1 Å². The van der Waals surface area contributed by atoms with Gasteiger partial charge in [-0.15, -0.1) is 11.3 Å². The van der Waals surface area contributed by atoms with Gasteiger partial charge in [0.05, 0.1) is 27.3 Å². The van der Waals surface area contributed by atoms with Gasteiger partial charge in [-0.2, -0.15) is 0 Å². The van der Waals surface area contributed by atoms with Crippen LogP contribution in [-0.4, -0.2) is 23.0 Å². The summed E-state index contributed by atoms with van der Waals surface area (Å²) >= 11 is 13.3. The summed E-state index contributed by atoms with van der Waals surface area (Å²) in [5, 5.41) is 6.54. The van der Waals surface area contributed by atoms with Crippen LogP contribution in [-0.2, 0) is 6.54 Å². The van der Waals surface area contributed by atoms with E-state index >= 15 is 0 Å². The van der Waals surface area contributed by atoms with E-state index in [2.05, 4.69) is 10.3 Å². The van der Waals surface area contributed by atoms with Crippen LogP contribution in [0.4, 0.5) is 10.5 Å². The fourth-order valence-electron chi connectivity index (χ4n) is 1.59. The van der Waals surface area contributed by atoms with Crippen molar-refractivity contribution in [1.29, 1.82) is 0 Å². The summed E-state index contributed by atoms with van der Waals surface area (Å²) in [5.74, 6) is 0. The van der Waals surface area contributed by atoms with Crippen molar-refractivity contribution in [2.45, 2.75) is 13.5 Å². The second kappa shape index (κ2) is 6.43. The highest BCUT2D eigenvalue weighted by molar-refractivity contribution is 7.09. The van der Waals surface area contributed by atoms with Crippen molar-refractivity contribution in [3.05, 3.63) is 44.3 Å². The van der Waals surface area contributed by atoms with Gasteiger partial charge in [0.25, 0.3) is 0 Å². The standard InChI is InChI=1S/C13H13Cl2N3OS/c1-8-16-10(7-20-8)6-18(2)13(19)17-9-3-4-11(14)12(15)5-9/h3-5,7H,6H2,1-2H3,(H,17,19). The monoisotopic (exact) mass is 329 g/mol. The van der Waals surface area contributed by atoms with Crippen LogP contribution in [0.1, 0.15) is 10.7 Å². The Bertz CT molecular complexity index is 630. The molecule has 0 aliphatic carbocycles. The number of aryl methyl sites for hydroxylation is 1. The average Bonchev–Trinajstić information content (AvgIpc) is 2.79. The molecule has 0 atom stereocenters. The van der Waals surface area contributed by atoms with E-state index in [-0.39, 0.29) is 6.03 Å². The van der Waals surface area contributed by atoms with Crippen molar-refractivity contribution in [3.8, 4) is 0 Å². The zero-order valence-corrected chi connectivity index (χ0v) is 13.3. The van der Waals surface area contributed by atoms with Gasteiger partial charge in [0, 0.05) is 18.1 Å². The number of halogens is 2. The van der Waals surface area contributed by atoms with Crippen molar-refractivity contribution >= 4 is 46.3 Å². The second-order valence-electron chi connectivity index (χ2n) is 4.27. The maximum Gasteiger partial charge on any atom is 0.321 e. The molecule has 20 heavy (non-hydrogen) atoms. The molecule has 0 bridgehead atoms. The molecule has 0 aliphatic heterocycles. The van der Waals surface area contributed by atoms with Crippen LogP contribution in [0.2, 0.25) is 10.0 Å². The molecule has 0 unspecified atom stereocenters. The number of nitrogens with zero attached hydrogens (tertiary/aromatic N) is 2. The first-order valence-corrected chi connectivity index (χ1v) is 7.47. The van der Waals surface area contributed by atoms with Crippen molar-refractivity contribution in [3.63, 3.8) is 0 Å². The van der Waals surface area contributed by atoms with Crippen LogP contribution >= 0.6 is 34.5 Å². The number of hydrogen-bond acceptors (Lipinski definition) is 3. The maximum absolute atomic E-state index is 12.0. The fourth-order valence-corrected chi connectivity index (χ4v) is 2.49. The predicted molar refractivity (Wildman–Crippen MR) is 83.8 cm³/mol. The molecule has 0 saturated carbocycles. The van der Waals surface area contributed by atoms with E-state index in [4.69, 9.17) is 23.2 Å². The lowest BCUT2D eigenvalue weighted by atomic mass is 10.3. The summed E-state index contributed by atoms with van der Waals surface area (Å²) in [6.07, 6.45) is 0. The topological polar surface area (TPSA) is 45.2 Å². The van der Waals surface area contributed by atoms with Crippen LogP contribution in [0.25, 0.3) is 0 Å². The van der Waals surface area contributed by atoms with Gasteiger partial charge in [0.2, 0.25) is 0 Å². The van der Waals surface area contributed by atoms with E-state index in [1.165, 1.54) is 0 Å².